The molecule has 37 heavy (non-hydrogen) atoms. The molecule has 2 atom stereocenters. The Hall–Kier alpha value is -3.71. The van der Waals surface area contributed by atoms with E-state index < -0.39 is 34.8 Å². The van der Waals surface area contributed by atoms with E-state index in [9.17, 15) is 24.3 Å². The predicted molar refractivity (Wildman–Crippen MR) is 139 cm³/mol. The number of nitrogen functional groups attached to an aromatic ring is 1. The summed E-state index contributed by atoms with van der Waals surface area (Å²) < 4.78 is 0. The molecule has 13 heteroatoms. The van der Waals surface area contributed by atoms with Crippen LogP contribution in [0.1, 0.15) is 32.0 Å². The number of rotatable bonds is 9. The zero-order valence-corrected chi connectivity index (χ0v) is 21.9. The quantitative estimate of drug-likeness (QED) is 0.243. The van der Waals surface area contributed by atoms with Gasteiger partial charge in [0.2, 0.25) is 5.60 Å². The second kappa shape index (κ2) is 10.3. The molecule has 2 aliphatic rings. The second-order valence-electron chi connectivity index (χ2n) is 8.95. The van der Waals surface area contributed by atoms with E-state index in [1.165, 1.54) is 42.8 Å². The van der Waals surface area contributed by atoms with Crippen LogP contribution in [-0.2, 0) is 30.4 Å². The van der Waals surface area contributed by atoms with Crippen LogP contribution in [0, 0.1) is 0 Å². The van der Waals surface area contributed by atoms with Crippen LogP contribution in [0.5, 0.6) is 0 Å². The summed E-state index contributed by atoms with van der Waals surface area (Å²) in [7, 11) is 0. The summed E-state index contributed by atoms with van der Waals surface area (Å²) in [4.78, 5) is 60.9. The van der Waals surface area contributed by atoms with E-state index in [1.54, 1.807) is 0 Å². The number of carboxylic acids is 1. The van der Waals surface area contributed by atoms with E-state index in [-0.39, 0.29) is 22.3 Å². The van der Waals surface area contributed by atoms with Crippen molar-refractivity contribution in [3.05, 3.63) is 58.2 Å². The van der Waals surface area contributed by atoms with E-state index in [0.29, 0.717) is 17.9 Å². The number of ketones is 1. The molecule has 0 aliphatic carbocycles. The van der Waals surface area contributed by atoms with Crippen molar-refractivity contribution < 1.29 is 29.1 Å². The molecular formula is C24H25N5O6S2. The number of benzene rings is 1. The van der Waals surface area contributed by atoms with E-state index in [4.69, 9.17) is 10.6 Å². The molecule has 2 aromatic rings. The molecule has 1 saturated heterocycles. The molecule has 1 fully saturated rings. The number of aromatic nitrogens is 1. The lowest BCUT2D eigenvalue weighted by Gasteiger charge is -2.50. The Balaban J connectivity index is 1.55. The number of carbonyl (C=O) groups is 4. The number of hydrogen-bond acceptors (Lipinski definition) is 10. The maximum atomic E-state index is 13.2. The van der Waals surface area contributed by atoms with E-state index in [2.05, 4.69) is 15.5 Å². The molecule has 194 valence electrons. The number of nitrogens with zero attached hydrogens (tertiary/aromatic N) is 3. The molecule has 11 nitrogen and oxygen atoms in total. The van der Waals surface area contributed by atoms with Crippen LogP contribution in [-0.4, -0.2) is 67.0 Å². The monoisotopic (exact) mass is 543 g/mol. The number of thiazole rings is 1. The number of anilines is 1. The Kier molecular flexibility index (Phi) is 7.37. The molecule has 2 amide bonds. The summed E-state index contributed by atoms with van der Waals surface area (Å²) in [6.45, 7) is 3.97. The first-order chi connectivity index (χ1) is 17.5. The van der Waals surface area contributed by atoms with Crippen LogP contribution in [0.2, 0.25) is 0 Å². The summed E-state index contributed by atoms with van der Waals surface area (Å²) in [5.74, 6) is -2.20. The van der Waals surface area contributed by atoms with Gasteiger partial charge in [0.25, 0.3) is 11.8 Å². The average Bonchev–Trinajstić information content (AvgIpc) is 3.28. The van der Waals surface area contributed by atoms with Crippen molar-refractivity contribution in [2.24, 2.45) is 5.16 Å². The van der Waals surface area contributed by atoms with Crippen LogP contribution >= 0.6 is 23.1 Å². The lowest BCUT2D eigenvalue weighted by Crippen LogP contribution is -2.71. The van der Waals surface area contributed by atoms with Gasteiger partial charge in [0.1, 0.15) is 17.1 Å². The highest BCUT2D eigenvalue weighted by Gasteiger charge is 2.53. The highest BCUT2D eigenvalue weighted by molar-refractivity contribution is 8.00. The number of thioether (sulfide) groups is 1. The summed E-state index contributed by atoms with van der Waals surface area (Å²) in [5, 5.41) is 16.9. The number of β-lactam (4-membered cyclic amide) rings is 1. The summed E-state index contributed by atoms with van der Waals surface area (Å²) in [6, 6.07) is 8.74. The molecule has 4 rings (SSSR count). The Labute approximate surface area is 220 Å². The standard InChI is InChI=1S/C24H25N5O6S2/c1-12(30)18-14(9-13-7-5-4-6-8-13)10-36-21-17(20(32)29(18)21)27-19(31)16(15-11-37-23(25)26-15)28-35-24(2,3)22(33)34/h4-8,11,17,21H,9-10H2,1-3H3,(H2,25,26)(H,27,31)(H,33,34)/b28-16-/t17-,21-/m1/s1. The number of hydrogen-bond donors (Lipinski definition) is 3. The van der Waals surface area contributed by atoms with Gasteiger partial charge in [-0.2, -0.15) is 0 Å². The number of Topliss-reactive ketones (excluding diaryl/α,β-unsaturated/α-hetero) is 1. The second-order valence-corrected chi connectivity index (χ2v) is 10.9. The number of nitrogens with one attached hydrogen (secondary N) is 1. The van der Waals surface area contributed by atoms with Crippen molar-refractivity contribution in [1.82, 2.24) is 15.2 Å². The molecular weight excluding hydrogens is 518 g/mol. The zero-order chi connectivity index (χ0) is 26.9. The Morgan fingerprint density at radius 1 is 1.30 bits per heavy atom. The van der Waals surface area contributed by atoms with Gasteiger partial charge in [-0.25, -0.2) is 9.78 Å². The molecule has 1 aromatic carbocycles. The number of oxime groups is 1. The Morgan fingerprint density at radius 2 is 2.00 bits per heavy atom. The van der Waals surface area contributed by atoms with E-state index >= 15 is 0 Å². The number of nitrogens with two attached hydrogens (primary N) is 1. The zero-order valence-electron chi connectivity index (χ0n) is 20.3. The van der Waals surface area contributed by atoms with Gasteiger partial charge >= 0.3 is 5.97 Å². The number of aliphatic carboxylic acids is 1. The van der Waals surface area contributed by atoms with Crippen LogP contribution in [0.4, 0.5) is 5.13 Å². The maximum absolute atomic E-state index is 13.2. The minimum Gasteiger partial charge on any atom is -0.478 e. The fourth-order valence-electron chi connectivity index (χ4n) is 3.83. The molecule has 3 heterocycles. The van der Waals surface area contributed by atoms with Gasteiger partial charge in [0, 0.05) is 18.1 Å². The number of allylic oxidation sites excluding steroid dienone is 1. The number of amides is 2. The lowest BCUT2D eigenvalue weighted by molar-refractivity contribution is -0.161. The van der Waals surface area contributed by atoms with Gasteiger partial charge in [0.15, 0.2) is 16.6 Å². The number of carbonyl (C=O) groups excluding carboxylic acids is 3. The minimum atomic E-state index is -1.72. The lowest BCUT2D eigenvalue weighted by atomic mass is 9.97. The van der Waals surface area contributed by atoms with Crippen LogP contribution in [0.15, 0.2) is 52.1 Å². The van der Waals surface area contributed by atoms with Gasteiger partial charge in [-0.15, -0.1) is 23.1 Å². The molecule has 0 radical (unpaired) electrons. The van der Waals surface area contributed by atoms with Crippen molar-refractivity contribution in [3.63, 3.8) is 0 Å². The van der Waals surface area contributed by atoms with Crippen molar-refractivity contribution in [2.45, 2.75) is 44.2 Å². The fraction of sp³-hybridized carbons (Fsp3) is 0.333. The van der Waals surface area contributed by atoms with Crippen molar-refractivity contribution in [3.8, 4) is 0 Å². The first kappa shape index (κ1) is 26.4. The maximum Gasteiger partial charge on any atom is 0.350 e. The molecule has 4 N–H and O–H groups in total. The number of fused-ring (bicyclic) bond motifs is 1. The van der Waals surface area contributed by atoms with Gasteiger partial charge < -0.3 is 21.0 Å². The van der Waals surface area contributed by atoms with Crippen LogP contribution in [0.3, 0.4) is 0 Å². The SMILES string of the molecule is CC(=O)C1=C(Cc2ccccc2)CS[C@@H]2[C@H](NC(=O)/C(=N\OC(C)(C)C(=O)O)c3csc(N)n3)C(=O)N12. The molecule has 0 unspecified atom stereocenters. The molecule has 2 aliphatic heterocycles. The van der Waals surface area contributed by atoms with Crippen LogP contribution < -0.4 is 11.1 Å². The van der Waals surface area contributed by atoms with Gasteiger partial charge in [-0.1, -0.05) is 35.5 Å². The van der Waals surface area contributed by atoms with Gasteiger partial charge in [-0.05, 0) is 31.4 Å². The number of carboxylic acid groups (broad SMARTS) is 1. The first-order valence-corrected chi connectivity index (χ1v) is 13.2. The van der Waals surface area contributed by atoms with Crippen molar-refractivity contribution in [2.75, 3.05) is 11.5 Å². The summed E-state index contributed by atoms with van der Waals surface area (Å²) >= 11 is 2.51. The molecule has 0 bridgehead atoms. The minimum absolute atomic E-state index is 0.0792. The summed E-state index contributed by atoms with van der Waals surface area (Å²) in [5.41, 5.74) is 5.97. The fourth-order valence-corrected chi connectivity index (χ4v) is 5.73. The van der Waals surface area contributed by atoms with Crippen molar-refractivity contribution in [1.29, 1.82) is 0 Å². The smallest absolute Gasteiger partial charge is 0.350 e. The highest BCUT2D eigenvalue weighted by Crippen LogP contribution is 2.41. The third-order valence-corrected chi connectivity index (χ3v) is 7.80. The first-order valence-electron chi connectivity index (χ1n) is 11.2. The average molecular weight is 544 g/mol. The third-order valence-electron chi connectivity index (χ3n) is 5.79. The highest BCUT2D eigenvalue weighted by atomic mass is 32.2. The van der Waals surface area contributed by atoms with E-state index in [1.807, 2.05) is 30.3 Å². The van der Waals surface area contributed by atoms with E-state index in [0.717, 1.165) is 22.5 Å². The van der Waals surface area contributed by atoms with Crippen LogP contribution in [0.25, 0.3) is 0 Å². The third kappa shape index (κ3) is 5.37. The Bertz CT molecular complexity index is 1320. The Morgan fingerprint density at radius 3 is 2.59 bits per heavy atom. The topological polar surface area (TPSA) is 164 Å². The largest absolute Gasteiger partial charge is 0.478 e. The van der Waals surface area contributed by atoms with Gasteiger partial charge in [0.05, 0.1) is 5.70 Å². The molecule has 0 saturated carbocycles. The molecule has 1 aromatic heterocycles. The van der Waals surface area contributed by atoms with Gasteiger partial charge in [-0.3, -0.25) is 19.3 Å². The normalized spacial score (nSPS) is 19.7. The van der Waals surface area contributed by atoms with Crippen molar-refractivity contribution >= 4 is 57.5 Å². The molecule has 0 spiro atoms. The predicted octanol–water partition coefficient (Wildman–Crippen LogP) is 1.79. The summed E-state index contributed by atoms with van der Waals surface area (Å²) in [6.07, 6.45) is 0.537.